The van der Waals surface area contributed by atoms with Gasteiger partial charge in [0.05, 0.1) is 17.6 Å². The first-order valence-corrected chi connectivity index (χ1v) is 8.76. The third-order valence-corrected chi connectivity index (χ3v) is 4.58. The third kappa shape index (κ3) is 4.10. The van der Waals surface area contributed by atoms with Gasteiger partial charge in [0.25, 0.3) is 5.91 Å². The molecule has 26 heavy (non-hydrogen) atoms. The molecular formula is C20H17NO4S. The zero-order chi connectivity index (χ0) is 18.5. The Morgan fingerprint density at radius 2 is 1.81 bits per heavy atom. The van der Waals surface area contributed by atoms with Crippen LogP contribution < -0.4 is 14.8 Å². The molecule has 0 bridgehead atoms. The van der Waals surface area contributed by atoms with Gasteiger partial charge in [-0.3, -0.25) is 4.79 Å². The van der Waals surface area contributed by atoms with Crippen molar-refractivity contribution in [2.75, 3.05) is 12.4 Å². The second-order valence-electron chi connectivity index (χ2n) is 5.53. The minimum absolute atomic E-state index is 0.170. The van der Waals surface area contributed by atoms with Crippen LogP contribution in [0.1, 0.15) is 25.6 Å². The van der Waals surface area contributed by atoms with E-state index in [-0.39, 0.29) is 5.91 Å². The van der Waals surface area contributed by atoms with Crippen molar-refractivity contribution in [1.29, 1.82) is 0 Å². The normalized spacial score (nSPS) is 10.2. The molecule has 1 heterocycles. The molecule has 0 radical (unpaired) electrons. The van der Waals surface area contributed by atoms with Crippen molar-refractivity contribution in [2.24, 2.45) is 0 Å². The highest BCUT2D eigenvalue weighted by Crippen LogP contribution is 2.22. The topological polar surface area (TPSA) is 64.6 Å². The second-order valence-corrected chi connectivity index (χ2v) is 6.48. The molecule has 0 fully saturated rings. The average Bonchev–Trinajstić information content (AvgIpc) is 3.18. The lowest BCUT2D eigenvalue weighted by Gasteiger charge is -2.09. The maximum atomic E-state index is 12.3. The lowest BCUT2D eigenvalue weighted by Crippen LogP contribution is -2.11. The van der Waals surface area contributed by atoms with E-state index >= 15 is 0 Å². The summed E-state index contributed by atoms with van der Waals surface area (Å²) in [5, 5.41) is 4.64. The number of amides is 1. The van der Waals surface area contributed by atoms with Crippen LogP contribution in [0.2, 0.25) is 0 Å². The van der Waals surface area contributed by atoms with Crippen molar-refractivity contribution in [3.05, 3.63) is 76.0 Å². The van der Waals surface area contributed by atoms with Crippen molar-refractivity contribution in [2.45, 2.75) is 6.92 Å². The Morgan fingerprint density at radius 3 is 2.46 bits per heavy atom. The molecule has 0 atom stereocenters. The van der Waals surface area contributed by atoms with Gasteiger partial charge in [0.2, 0.25) is 0 Å². The van der Waals surface area contributed by atoms with Crippen LogP contribution >= 0.6 is 11.3 Å². The molecule has 0 aliphatic rings. The van der Waals surface area contributed by atoms with E-state index in [1.807, 2.05) is 18.4 Å². The van der Waals surface area contributed by atoms with Crippen LogP contribution in [0.3, 0.4) is 0 Å². The summed E-state index contributed by atoms with van der Waals surface area (Å²) in [6.07, 6.45) is 0. The maximum absolute atomic E-state index is 12.3. The van der Waals surface area contributed by atoms with Crippen molar-refractivity contribution in [3.8, 4) is 11.5 Å². The Morgan fingerprint density at radius 1 is 1.04 bits per heavy atom. The largest absolute Gasteiger partial charge is 0.496 e. The van der Waals surface area contributed by atoms with E-state index in [1.165, 1.54) is 11.3 Å². The summed E-state index contributed by atoms with van der Waals surface area (Å²) in [4.78, 5) is 24.9. The van der Waals surface area contributed by atoms with Gasteiger partial charge in [-0.25, -0.2) is 4.79 Å². The number of nitrogens with one attached hydrogen (secondary N) is 1. The molecule has 0 aliphatic carbocycles. The number of carbonyl (C=O) groups is 2. The van der Waals surface area contributed by atoms with E-state index in [0.717, 1.165) is 5.56 Å². The van der Waals surface area contributed by atoms with Gasteiger partial charge in [-0.1, -0.05) is 12.1 Å². The summed E-state index contributed by atoms with van der Waals surface area (Å²) in [5.41, 5.74) is 1.97. The van der Waals surface area contributed by atoms with Gasteiger partial charge in [0.15, 0.2) is 0 Å². The van der Waals surface area contributed by atoms with Gasteiger partial charge in [-0.2, -0.15) is 0 Å². The molecule has 6 heteroatoms. The lowest BCUT2D eigenvalue weighted by atomic mass is 10.1. The van der Waals surface area contributed by atoms with Crippen LogP contribution in [0, 0.1) is 6.92 Å². The maximum Gasteiger partial charge on any atom is 0.343 e. The third-order valence-electron chi connectivity index (χ3n) is 3.71. The molecule has 1 N–H and O–H groups in total. The fraction of sp³-hybridized carbons (Fsp3) is 0.100. The molecule has 5 nitrogen and oxygen atoms in total. The van der Waals surface area contributed by atoms with Crippen molar-refractivity contribution >= 4 is 28.9 Å². The monoisotopic (exact) mass is 367 g/mol. The van der Waals surface area contributed by atoms with E-state index < -0.39 is 5.97 Å². The number of anilines is 1. The lowest BCUT2D eigenvalue weighted by molar-refractivity contribution is 0.0734. The highest BCUT2D eigenvalue weighted by atomic mass is 32.1. The van der Waals surface area contributed by atoms with Gasteiger partial charge >= 0.3 is 5.97 Å². The molecule has 3 aromatic rings. The molecule has 1 amide bonds. The number of methoxy groups -OCH3 is 1. The zero-order valence-electron chi connectivity index (χ0n) is 14.3. The molecule has 0 unspecified atom stereocenters. The molecule has 0 saturated heterocycles. The molecule has 2 aromatic carbocycles. The fourth-order valence-electron chi connectivity index (χ4n) is 2.32. The average molecular weight is 367 g/mol. The van der Waals surface area contributed by atoms with Gasteiger partial charge < -0.3 is 14.8 Å². The standard InChI is InChI=1S/C20H17NO4S/c1-13-5-6-14(12-17(13)24-2)20(23)25-16-9-7-15(8-10-16)21-19(22)18-4-3-11-26-18/h3-12H,1-2H3,(H,21,22). The van der Waals surface area contributed by atoms with Gasteiger partial charge in [0.1, 0.15) is 11.5 Å². The van der Waals surface area contributed by atoms with Crippen LogP contribution in [0.5, 0.6) is 11.5 Å². The summed E-state index contributed by atoms with van der Waals surface area (Å²) >= 11 is 1.37. The minimum Gasteiger partial charge on any atom is -0.496 e. The van der Waals surface area contributed by atoms with E-state index in [0.29, 0.717) is 27.6 Å². The van der Waals surface area contributed by atoms with Crippen LogP contribution in [0.15, 0.2) is 60.0 Å². The molecule has 0 saturated carbocycles. The first kappa shape index (κ1) is 17.7. The number of ether oxygens (including phenoxy) is 2. The number of benzene rings is 2. The number of hydrogen-bond acceptors (Lipinski definition) is 5. The smallest absolute Gasteiger partial charge is 0.343 e. The second kappa shape index (κ2) is 7.84. The summed E-state index contributed by atoms with van der Waals surface area (Å²) in [7, 11) is 1.56. The summed E-state index contributed by atoms with van der Waals surface area (Å²) < 4.78 is 10.6. The molecule has 0 aliphatic heterocycles. The van der Waals surface area contributed by atoms with Crippen molar-refractivity contribution in [1.82, 2.24) is 0 Å². The molecular weight excluding hydrogens is 350 g/mol. The summed E-state index contributed by atoms with van der Waals surface area (Å²) in [6, 6.07) is 15.4. The van der Waals surface area contributed by atoms with Gasteiger partial charge in [-0.15, -0.1) is 11.3 Å². The number of thiophene rings is 1. The number of carbonyl (C=O) groups excluding carboxylic acids is 2. The number of rotatable bonds is 5. The van der Waals surface area contributed by atoms with Crippen molar-refractivity contribution in [3.63, 3.8) is 0 Å². The van der Waals surface area contributed by atoms with Crippen LogP contribution in [0.4, 0.5) is 5.69 Å². The highest BCUT2D eigenvalue weighted by Gasteiger charge is 2.12. The molecule has 3 rings (SSSR count). The van der Waals surface area contributed by atoms with Crippen LogP contribution in [0.25, 0.3) is 0 Å². The fourth-order valence-corrected chi connectivity index (χ4v) is 2.94. The van der Waals surface area contributed by atoms with Crippen molar-refractivity contribution < 1.29 is 19.1 Å². The number of esters is 1. The predicted molar refractivity (Wildman–Crippen MR) is 101 cm³/mol. The Labute approximate surface area is 155 Å². The zero-order valence-corrected chi connectivity index (χ0v) is 15.1. The minimum atomic E-state index is -0.473. The van der Waals surface area contributed by atoms with Crippen LogP contribution in [-0.4, -0.2) is 19.0 Å². The van der Waals surface area contributed by atoms with E-state index in [2.05, 4.69) is 5.32 Å². The van der Waals surface area contributed by atoms with Crippen LogP contribution in [-0.2, 0) is 0 Å². The quantitative estimate of drug-likeness (QED) is 0.531. The highest BCUT2D eigenvalue weighted by molar-refractivity contribution is 7.12. The Kier molecular flexibility index (Phi) is 5.34. The molecule has 132 valence electrons. The Hall–Kier alpha value is -3.12. The van der Waals surface area contributed by atoms with E-state index in [4.69, 9.17) is 9.47 Å². The molecule has 0 spiro atoms. The van der Waals surface area contributed by atoms with E-state index in [9.17, 15) is 9.59 Å². The Balaban J connectivity index is 1.65. The SMILES string of the molecule is COc1cc(C(=O)Oc2ccc(NC(=O)c3cccs3)cc2)ccc1C. The summed E-state index contributed by atoms with van der Waals surface area (Å²) in [6.45, 7) is 1.90. The number of aryl methyl sites for hydroxylation is 1. The summed E-state index contributed by atoms with van der Waals surface area (Å²) in [5.74, 6) is 0.380. The van der Waals surface area contributed by atoms with E-state index in [1.54, 1.807) is 55.6 Å². The van der Waals surface area contributed by atoms with Gasteiger partial charge in [0, 0.05) is 5.69 Å². The predicted octanol–water partition coefficient (Wildman–Crippen LogP) is 4.54. The van der Waals surface area contributed by atoms with Gasteiger partial charge in [-0.05, 0) is 60.3 Å². The molecule has 1 aromatic heterocycles. The first-order valence-electron chi connectivity index (χ1n) is 7.88. The first-order chi connectivity index (χ1) is 12.6. The Bertz CT molecular complexity index is 917. The number of hydrogen-bond donors (Lipinski definition) is 1.